The molecule has 0 fully saturated rings. The van der Waals surface area contributed by atoms with Gasteiger partial charge in [0.15, 0.2) is 0 Å². The van der Waals surface area contributed by atoms with Gasteiger partial charge in [0.05, 0.1) is 0 Å². The van der Waals surface area contributed by atoms with E-state index in [4.69, 9.17) is 10.9 Å². The molecule has 0 radical (unpaired) electrons. The maximum Gasteiger partial charge on any atom is 0.404 e. The minimum Gasteiger partial charge on any atom is -0.465 e. The van der Waals surface area contributed by atoms with Crippen molar-refractivity contribution >= 4 is 12.0 Å². The predicted octanol–water partition coefficient (Wildman–Crippen LogP) is 0.0577. The van der Waals surface area contributed by atoms with Gasteiger partial charge in [0.25, 0.3) is 5.91 Å². The molecule has 0 aromatic heterocycles. The summed E-state index contributed by atoms with van der Waals surface area (Å²) < 4.78 is 0. The highest BCUT2D eigenvalue weighted by Crippen LogP contribution is 2.03. The summed E-state index contributed by atoms with van der Waals surface area (Å²) in [5.41, 5.74) is 3.20. The molecule has 6 heteroatoms. The summed E-state index contributed by atoms with van der Waals surface area (Å²) in [4.78, 5) is 21.2. The van der Waals surface area contributed by atoms with Gasteiger partial charge in [-0.25, -0.2) is 10.6 Å². The average Bonchev–Trinajstić information content (AvgIpc) is 2.26. The SMILES string of the molecule is NNC(=O)c1ccc(CNC(=O)O)cc1. The first-order valence-electron chi connectivity index (χ1n) is 4.20. The smallest absolute Gasteiger partial charge is 0.404 e. The Labute approximate surface area is 86.1 Å². The second-order valence-electron chi connectivity index (χ2n) is 2.83. The third-order valence-electron chi connectivity index (χ3n) is 1.79. The molecule has 1 rings (SSSR count). The molecular weight excluding hydrogens is 198 g/mol. The van der Waals surface area contributed by atoms with Crippen LogP contribution in [0, 0.1) is 0 Å². The van der Waals surface area contributed by atoms with Crippen molar-refractivity contribution in [3.05, 3.63) is 35.4 Å². The lowest BCUT2D eigenvalue weighted by Crippen LogP contribution is -2.29. The van der Waals surface area contributed by atoms with Gasteiger partial charge in [-0.05, 0) is 17.7 Å². The third kappa shape index (κ3) is 3.28. The van der Waals surface area contributed by atoms with Crippen molar-refractivity contribution in [1.82, 2.24) is 10.7 Å². The Bertz CT molecular complexity index is 361. The first-order chi connectivity index (χ1) is 7.13. The monoisotopic (exact) mass is 209 g/mol. The van der Waals surface area contributed by atoms with E-state index in [1.54, 1.807) is 24.3 Å². The number of nitrogen functional groups attached to an aromatic ring is 1. The maximum atomic E-state index is 11.0. The number of nitrogens with one attached hydrogen (secondary N) is 2. The number of carboxylic acid groups (broad SMARTS) is 1. The van der Waals surface area contributed by atoms with Crippen LogP contribution in [0.3, 0.4) is 0 Å². The van der Waals surface area contributed by atoms with Crippen molar-refractivity contribution in [2.75, 3.05) is 0 Å². The highest BCUT2D eigenvalue weighted by atomic mass is 16.4. The van der Waals surface area contributed by atoms with Crippen LogP contribution in [-0.4, -0.2) is 17.1 Å². The van der Waals surface area contributed by atoms with Crippen LogP contribution in [-0.2, 0) is 6.54 Å². The molecule has 0 aliphatic heterocycles. The molecule has 6 nitrogen and oxygen atoms in total. The maximum absolute atomic E-state index is 11.0. The molecule has 0 aliphatic rings. The first-order valence-corrected chi connectivity index (χ1v) is 4.20. The fourth-order valence-electron chi connectivity index (χ4n) is 1.03. The van der Waals surface area contributed by atoms with Crippen LogP contribution in [0.25, 0.3) is 0 Å². The first kappa shape index (κ1) is 11.0. The minimum absolute atomic E-state index is 0.208. The van der Waals surface area contributed by atoms with Gasteiger partial charge in [0.2, 0.25) is 0 Å². The molecular formula is C9H11N3O3. The molecule has 0 spiro atoms. The van der Waals surface area contributed by atoms with Crippen LogP contribution in [0.15, 0.2) is 24.3 Å². The Morgan fingerprint density at radius 2 is 1.87 bits per heavy atom. The van der Waals surface area contributed by atoms with Crippen molar-refractivity contribution in [3.63, 3.8) is 0 Å². The van der Waals surface area contributed by atoms with E-state index in [1.807, 2.05) is 5.43 Å². The molecule has 2 amide bonds. The summed E-state index contributed by atoms with van der Waals surface area (Å²) in [7, 11) is 0. The van der Waals surface area contributed by atoms with E-state index < -0.39 is 6.09 Å². The molecule has 5 N–H and O–H groups in total. The minimum atomic E-state index is -1.08. The van der Waals surface area contributed by atoms with Crippen LogP contribution in [0.2, 0.25) is 0 Å². The number of carbonyl (C=O) groups is 2. The Balaban J connectivity index is 2.64. The number of rotatable bonds is 3. The molecule has 15 heavy (non-hydrogen) atoms. The lowest BCUT2D eigenvalue weighted by Gasteiger charge is -2.03. The van der Waals surface area contributed by atoms with Gasteiger partial charge < -0.3 is 10.4 Å². The molecule has 0 heterocycles. The van der Waals surface area contributed by atoms with Crippen LogP contribution in [0.5, 0.6) is 0 Å². The van der Waals surface area contributed by atoms with Crippen molar-refractivity contribution in [2.24, 2.45) is 5.84 Å². The highest BCUT2D eigenvalue weighted by Gasteiger charge is 2.02. The zero-order chi connectivity index (χ0) is 11.3. The van der Waals surface area contributed by atoms with E-state index in [2.05, 4.69) is 5.32 Å². The van der Waals surface area contributed by atoms with Crippen molar-refractivity contribution < 1.29 is 14.7 Å². The number of hydrogen-bond acceptors (Lipinski definition) is 3. The van der Waals surface area contributed by atoms with Crippen LogP contribution in [0.4, 0.5) is 4.79 Å². The zero-order valence-corrected chi connectivity index (χ0v) is 7.86. The lowest BCUT2D eigenvalue weighted by molar-refractivity contribution is 0.0953. The topological polar surface area (TPSA) is 104 Å². The molecule has 1 aromatic rings. The van der Waals surface area contributed by atoms with Gasteiger partial charge in [0.1, 0.15) is 0 Å². The highest BCUT2D eigenvalue weighted by molar-refractivity contribution is 5.93. The summed E-state index contributed by atoms with van der Waals surface area (Å²) in [6, 6.07) is 6.45. The van der Waals surface area contributed by atoms with Crippen LogP contribution < -0.4 is 16.6 Å². The number of hydrogen-bond donors (Lipinski definition) is 4. The van der Waals surface area contributed by atoms with Gasteiger partial charge in [-0.15, -0.1) is 0 Å². The van der Waals surface area contributed by atoms with Crippen molar-refractivity contribution in [3.8, 4) is 0 Å². The molecule has 80 valence electrons. The molecule has 0 unspecified atom stereocenters. The fourth-order valence-corrected chi connectivity index (χ4v) is 1.03. The van der Waals surface area contributed by atoms with Gasteiger partial charge >= 0.3 is 6.09 Å². The summed E-state index contributed by atoms with van der Waals surface area (Å²) in [5, 5.41) is 10.6. The summed E-state index contributed by atoms with van der Waals surface area (Å²) in [6.45, 7) is 0.208. The lowest BCUT2D eigenvalue weighted by atomic mass is 10.1. The number of carbonyl (C=O) groups excluding carboxylic acids is 1. The van der Waals surface area contributed by atoms with Gasteiger partial charge in [-0.2, -0.15) is 0 Å². The standard InChI is InChI=1S/C9H11N3O3/c10-12-8(13)7-3-1-6(2-4-7)5-11-9(14)15/h1-4,11H,5,10H2,(H,12,13)(H,14,15). The Kier molecular flexibility index (Phi) is 3.64. The van der Waals surface area contributed by atoms with E-state index in [-0.39, 0.29) is 12.5 Å². The normalized spacial score (nSPS) is 9.40. The molecule has 0 saturated carbocycles. The Hall–Kier alpha value is -2.08. The van der Waals surface area contributed by atoms with E-state index in [0.717, 1.165) is 5.56 Å². The molecule has 0 saturated heterocycles. The second-order valence-corrected chi connectivity index (χ2v) is 2.83. The quantitative estimate of drug-likeness (QED) is 0.321. The van der Waals surface area contributed by atoms with Gasteiger partial charge in [-0.3, -0.25) is 10.2 Å². The molecule has 0 aliphatic carbocycles. The van der Waals surface area contributed by atoms with E-state index in [0.29, 0.717) is 5.56 Å². The van der Waals surface area contributed by atoms with Crippen molar-refractivity contribution in [2.45, 2.75) is 6.54 Å². The van der Waals surface area contributed by atoms with Gasteiger partial charge in [0, 0.05) is 12.1 Å². The molecule has 0 atom stereocenters. The predicted molar refractivity (Wildman–Crippen MR) is 53.0 cm³/mol. The number of benzene rings is 1. The van der Waals surface area contributed by atoms with E-state index in [1.165, 1.54) is 0 Å². The van der Waals surface area contributed by atoms with Crippen LogP contribution >= 0.6 is 0 Å². The largest absolute Gasteiger partial charge is 0.465 e. The second kappa shape index (κ2) is 4.97. The Morgan fingerprint density at radius 3 is 2.33 bits per heavy atom. The fraction of sp³-hybridized carbons (Fsp3) is 0.111. The summed E-state index contributed by atoms with van der Waals surface area (Å²) >= 11 is 0. The number of hydrazine groups is 1. The number of nitrogens with two attached hydrogens (primary N) is 1. The summed E-state index contributed by atoms with van der Waals surface area (Å²) in [5.74, 6) is 4.57. The Morgan fingerprint density at radius 1 is 1.27 bits per heavy atom. The van der Waals surface area contributed by atoms with E-state index in [9.17, 15) is 9.59 Å². The van der Waals surface area contributed by atoms with Crippen LogP contribution in [0.1, 0.15) is 15.9 Å². The molecule has 0 bridgehead atoms. The van der Waals surface area contributed by atoms with Crippen molar-refractivity contribution in [1.29, 1.82) is 0 Å². The zero-order valence-electron chi connectivity index (χ0n) is 7.86. The average molecular weight is 209 g/mol. The third-order valence-corrected chi connectivity index (χ3v) is 1.79. The number of amides is 2. The van der Waals surface area contributed by atoms with Gasteiger partial charge in [-0.1, -0.05) is 12.1 Å². The summed E-state index contributed by atoms with van der Waals surface area (Å²) in [6.07, 6.45) is -1.08. The van der Waals surface area contributed by atoms with E-state index >= 15 is 0 Å². The molecule has 1 aromatic carbocycles.